The number of pyridine rings is 2. The topological polar surface area (TPSA) is 148 Å². The number of hydrogen-bond acceptors (Lipinski definition) is 9. The first-order chi connectivity index (χ1) is 24.7. The lowest BCUT2D eigenvalue weighted by atomic mass is 9.90. The average Bonchev–Trinajstić information content (AvgIpc) is 3.73. The van der Waals surface area contributed by atoms with Crippen LogP contribution in [0.4, 0.5) is 11.5 Å². The van der Waals surface area contributed by atoms with Crippen LogP contribution in [0, 0.1) is 30.6 Å². The lowest BCUT2D eigenvalue weighted by Gasteiger charge is -2.20. The molecule has 3 aromatic heterocycles. The summed E-state index contributed by atoms with van der Waals surface area (Å²) in [5.74, 6) is 0.334. The summed E-state index contributed by atoms with van der Waals surface area (Å²) in [4.78, 5) is 28.1. The quantitative estimate of drug-likeness (QED) is 0.115. The number of aromatic nitrogens is 3. The Bertz CT molecular complexity index is 2330. The predicted octanol–water partition coefficient (Wildman–Crippen LogP) is 7.95. The van der Waals surface area contributed by atoms with Gasteiger partial charge in [-0.15, -0.1) is 0 Å². The zero-order valence-corrected chi connectivity index (χ0v) is 29.0. The Morgan fingerprint density at radius 3 is 2.57 bits per heavy atom. The minimum absolute atomic E-state index is 0.195. The third-order valence-corrected chi connectivity index (χ3v) is 10.1. The summed E-state index contributed by atoms with van der Waals surface area (Å²) in [5.41, 5.74) is 9.37. The van der Waals surface area contributed by atoms with E-state index in [0.717, 1.165) is 74.8 Å². The zero-order chi connectivity index (χ0) is 35.7. The van der Waals surface area contributed by atoms with Gasteiger partial charge < -0.3 is 19.9 Å². The number of anilines is 2. The molecule has 3 N–H and O–H groups in total. The molecular formula is C41H40N6O4. The molecule has 0 bridgehead atoms. The third-order valence-electron chi connectivity index (χ3n) is 10.1. The van der Waals surface area contributed by atoms with Crippen LogP contribution in [-0.4, -0.2) is 55.7 Å². The van der Waals surface area contributed by atoms with Crippen molar-refractivity contribution in [2.45, 2.75) is 53.0 Å². The number of nitrogens with one attached hydrogen (secondary N) is 1. The van der Waals surface area contributed by atoms with Gasteiger partial charge in [0.1, 0.15) is 17.1 Å². The first-order valence-electron chi connectivity index (χ1n) is 17.3. The Hall–Kier alpha value is -5.63. The van der Waals surface area contributed by atoms with Gasteiger partial charge in [-0.3, -0.25) is 14.7 Å². The number of carboxylic acids is 1. The van der Waals surface area contributed by atoms with Crippen LogP contribution in [0.5, 0.6) is 0 Å². The molecule has 1 atom stereocenters. The van der Waals surface area contributed by atoms with Crippen LogP contribution in [0.2, 0.25) is 0 Å². The maximum Gasteiger partial charge on any atom is 0.310 e. The second-order valence-corrected chi connectivity index (χ2v) is 13.8. The number of hydrogen-bond donors (Lipinski definition) is 3. The van der Waals surface area contributed by atoms with Gasteiger partial charge in [0, 0.05) is 48.7 Å². The molecule has 258 valence electrons. The monoisotopic (exact) mass is 680 g/mol. The molecule has 0 radical (unpaired) electrons. The van der Waals surface area contributed by atoms with Crippen molar-refractivity contribution in [3.63, 3.8) is 0 Å². The highest BCUT2D eigenvalue weighted by Gasteiger charge is 2.40. The maximum atomic E-state index is 11.8. The smallest absolute Gasteiger partial charge is 0.310 e. The molecule has 1 aliphatic rings. The van der Waals surface area contributed by atoms with Gasteiger partial charge in [-0.25, -0.2) is 9.97 Å². The second-order valence-electron chi connectivity index (χ2n) is 13.8. The average molecular weight is 681 g/mol. The molecule has 1 fully saturated rings. The molecule has 0 unspecified atom stereocenters. The van der Waals surface area contributed by atoms with Gasteiger partial charge >= 0.3 is 5.97 Å². The van der Waals surface area contributed by atoms with Crippen LogP contribution in [0.1, 0.15) is 54.0 Å². The van der Waals surface area contributed by atoms with E-state index in [-0.39, 0.29) is 6.61 Å². The number of benzene rings is 3. The van der Waals surface area contributed by atoms with Gasteiger partial charge in [0.2, 0.25) is 5.89 Å². The molecule has 10 heteroatoms. The number of nitrogens with zero attached hydrogens (tertiary/aromatic N) is 5. The fourth-order valence-corrected chi connectivity index (χ4v) is 7.13. The molecule has 0 saturated carbocycles. The zero-order valence-electron chi connectivity index (χ0n) is 29.0. The van der Waals surface area contributed by atoms with Crippen molar-refractivity contribution in [3.05, 3.63) is 101 Å². The third kappa shape index (κ3) is 6.66. The van der Waals surface area contributed by atoms with E-state index < -0.39 is 11.4 Å². The molecule has 4 heterocycles. The Morgan fingerprint density at radius 1 is 1.02 bits per heavy atom. The van der Waals surface area contributed by atoms with Crippen LogP contribution < -0.4 is 5.32 Å². The van der Waals surface area contributed by atoms with E-state index in [9.17, 15) is 15.2 Å². The highest BCUT2D eigenvalue weighted by atomic mass is 16.4. The summed E-state index contributed by atoms with van der Waals surface area (Å²) < 4.78 is 6.28. The van der Waals surface area contributed by atoms with Crippen LogP contribution in [0.25, 0.3) is 44.6 Å². The van der Waals surface area contributed by atoms with Gasteiger partial charge in [0.15, 0.2) is 11.4 Å². The molecule has 0 aliphatic carbocycles. The fraction of sp³-hybridized carbons (Fsp3) is 0.293. The molecule has 51 heavy (non-hydrogen) atoms. The van der Waals surface area contributed by atoms with E-state index in [2.05, 4.69) is 53.3 Å². The van der Waals surface area contributed by atoms with Crippen LogP contribution in [0.3, 0.4) is 0 Å². The molecule has 0 spiro atoms. The molecule has 7 rings (SSSR count). The van der Waals surface area contributed by atoms with E-state index >= 15 is 0 Å². The number of nitriles is 1. The van der Waals surface area contributed by atoms with Gasteiger partial charge in [0.05, 0.1) is 11.0 Å². The Morgan fingerprint density at radius 2 is 1.80 bits per heavy atom. The molecule has 3 aromatic carbocycles. The lowest BCUT2D eigenvalue weighted by Crippen LogP contribution is -2.31. The molecular weight excluding hydrogens is 640 g/mol. The number of aryl methyl sites for hydroxylation is 1. The first-order valence-corrected chi connectivity index (χ1v) is 17.3. The maximum absolute atomic E-state index is 11.8. The van der Waals surface area contributed by atoms with E-state index in [4.69, 9.17) is 19.5 Å². The lowest BCUT2D eigenvalue weighted by molar-refractivity contribution is -0.147. The van der Waals surface area contributed by atoms with Crippen molar-refractivity contribution in [2.24, 2.45) is 5.41 Å². The number of carboxylic acid groups (broad SMARTS) is 1. The van der Waals surface area contributed by atoms with E-state index in [1.165, 1.54) is 0 Å². The van der Waals surface area contributed by atoms with Crippen molar-refractivity contribution in [1.82, 2.24) is 19.9 Å². The summed E-state index contributed by atoms with van der Waals surface area (Å²) in [6.07, 6.45) is 6.82. The number of fused-ring (bicyclic) bond motifs is 2. The van der Waals surface area contributed by atoms with Crippen molar-refractivity contribution in [1.29, 1.82) is 5.26 Å². The number of aliphatic hydroxyl groups is 1. The van der Waals surface area contributed by atoms with Crippen molar-refractivity contribution in [2.75, 3.05) is 25.0 Å². The number of unbranched alkanes of at least 4 members (excludes halogenated alkanes) is 1. The normalized spacial score (nSPS) is 16.1. The highest BCUT2D eigenvalue weighted by Crippen LogP contribution is 2.38. The number of likely N-dealkylation sites (tertiary alicyclic amines) is 1. The van der Waals surface area contributed by atoms with Gasteiger partial charge in [0.25, 0.3) is 0 Å². The summed E-state index contributed by atoms with van der Waals surface area (Å²) in [7, 11) is 0. The molecule has 6 aromatic rings. The summed E-state index contributed by atoms with van der Waals surface area (Å²) in [6, 6.07) is 22.3. The van der Waals surface area contributed by atoms with Crippen molar-refractivity contribution in [3.8, 4) is 28.7 Å². The van der Waals surface area contributed by atoms with Gasteiger partial charge in [-0.05, 0) is 123 Å². The Balaban J connectivity index is 1.17. The van der Waals surface area contributed by atoms with Gasteiger partial charge in [-0.2, -0.15) is 5.26 Å². The Kier molecular flexibility index (Phi) is 9.25. The van der Waals surface area contributed by atoms with Crippen molar-refractivity contribution >= 4 is 39.5 Å². The van der Waals surface area contributed by atoms with Crippen LogP contribution >= 0.6 is 0 Å². The molecule has 0 amide bonds. The minimum Gasteiger partial charge on any atom is -0.481 e. The van der Waals surface area contributed by atoms with Crippen LogP contribution in [0.15, 0.2) is 77.5 Å². The molecule has 1 aliphatic heterocycles. The standard InChI is InChI=1S/C41H40N6O4/c1-25-31(32-10-7-12-34(26(32)2)45-38-36-29(13-15-43-38)18-27(22-44-36)8-4-5-17-48)9-6-11-33(25)39-46-35-20-28(19-30(21-42)37(35)51-39)23-47-16-14-41(3,24-47)40(49)50/h6-7,9-13,15,18-20,22,48H,4-5,8,14,16-17,23-24H2,1-3H3,(H,43,45)(H,49,50)/t41-/m1/s1. The van der Waals surface area contributed by atoms with Crippen molar-refractivity contribution < 1.29 is 19.4 Å². The molecule has 10 nitrogen and oxygen atoms in total. The van der Waals surface area contributed by atoms with E-state index in [0.29, 0.717) is 54.4 Å². The fourth-order valence-electron chi connectivity index (χ4n) is 7.13. The SMILES string of the molecule is Cc1c(Nc2nccc3cc(CCCCO)cnc23)cccc1-c1cccc(-c2nc3cc(CN4CC[C@@](C)(C(=O)O)C4)cc(C#N)c3o2)c1C. The number of oxazole rings is 1. The Labute approximate surface area is 296 Å². The first kappa shape index (κ1) is 33.8. The summed E-state index contributed by atoms with van der Waals surface area (Å²) in [6.45, 7) is 7.78. The van der Waals surface area contributed by atoms with E-state index in [1.807, 2.05) is 48.7 Å². The van der Waals surface area contributed by atoms with E-state index in [1.54, 1.807) is 13.1 Å². The highest BCUT2D eigenvalue weighted by molar-refractivity contribution is 5.91. The second kappa shape index (κ2) is 13.9. The minimum atomic E-state index is -0.783. The summed E-state index contributed by atoms with van der Waals surface area (Å²) in [5, 5.41) is 33.4. The molecule has 1 saturated heterocycles. The number of aliphatic hydroxyl groups excluding tert-OH is 1. The summed E-state index contributed by atoms with van der Waals surface area (Å²) >= 11 is 0. The number of rotatable bonds is 11. The number of carbonyl (C=O) groups is 1. The van der Waals surface area contributed by atoms with Gasteiger partial charge in [-0.1, -0.05) is 24.3 Å². The number of aliphatic carboxylic acids is 1. The largest absolute Gasteiger partial charge is 0.481 e. The predicted molar refractivity (Wildman–Crippen MR) is 198 cm³/mol. The van der Waals surface area contributed by atoms with Crippen LogP contribution in [-0.2, 0) is 17.8 Å².